The van der Waals surface area contributed by atoms with Crippen LogP contribution in [0, 0.1) is 6.92 Å². The zero-order chi connectivity index (χ0) is 21.9. The first-order chi connectivity index (χ1) is 14.4. The van der Waals surface area contributed by atoms with E-state index in [4.69, 9.17) is 16.3 Å². The topological polar surface area (TPSA) is 58.6 Å². The van der Waals surface area contributed by atoms with E-state index in [-0.39, 0.29) is 18.4 Å². The van der Waals surface area contributed by atoms with Crippen LogP contribution < -0.4 is 10.1 Å². The van der Waals surface area contributed by atoms with Crippen LogP contribution in [-0.4, -0.2) is 42.5 Å². The summed E-state index contributed by atoms with van der Waals surface area (Å²) in [6, 6.07) is 14.6. The Bertz CT molecular complexity index is 826. The number of aryl methyl sites for hydroxylation is 1. The van der Waals surface area contributed by atoms with Crippen LogP contribution in [0.4, 0.5) is 0 Å². The lowest BCUT2D eigenvalue weighted by molar-refractivity contribution is -0.141. The summed E-state index contributed by atoms with van der Waals surface area (Å²) in [5.74, 6) is 0.206. The van der Waals surface area contributed by atoms with Gasteiger partial charge >= 0.3 is 0 Å². The van der Waals surface area contributed by atoms with Crippen molar-refractivity contribution < 1.29 is 14.3 Å². The molecule has 0 fully saturated rings. The molecule has 0 aliphatic carbocycles. The van der Waals surface area contributed by atoms with Crippen LogP contribution in [-0.2, 0) is 16.0 Å². The molecule has 5 nitrogen and oxygen atoms in total. The van der Waals surface area contributed by atoms with Gasteiger partial charge in [0.15, 0.2) is 6.61 Å². The zero-order valence-corrected chi connectivity index (χ0v) is 18.7. The van der Waals surface area contributed by atoms with Crippen LogP contribution in [0.3, 0.4) is 0 Å². The molecule has 0 spiro atoms. The number of rotatable bonds is 11. The van der Waals surface area contributed by atoms with Gasteiger partial charge in [-0.05, 0) is 56.0 Å². The van der Waals surface area contributed by atoms with Crippen molar-refractivity contribution in [3.05, 3.63) is 64.7 Å². The molecule has 2 aromatic carbocycles. The molecule has 0 aromatic heterocycles. The lowest BCUT2D eigenvalue weighted by Crippen LogP contribution is -2.50. The average molecular weight is 431 g/mol. The Morgan fingerprint density at radius 1 is 1.17 bits per heavy atom. The highest BCUT2D eigenvalue weighted by Crippen LogP contribution is 2.21. The fourth-order valence-electron chi connectivity index (χ4n) is 3.04. The molecule has 1 atom stereocenters. The van der Waals surface area contributed by atoms with E-state index in [1.54, 1.807) is 30.0 Å². The number of hydrogen-bond acceptors (Lipinski definition) is 3. The van der Waals surface area contributed by atoms with Crippen molar-refractivity contribution in [2.24, 2.45) is 0 Å². The Hall–Kier alpha value is -2.53. The van der Waals surface area contributed by atoms with Crippen LogP contribution >= 0.6 is 11.6 Å². The summed E-state index contributed by atoms with van der Waals surface area (Å²) in [5, 5.41) is 3.56. The van der Waals surface area contributed by atoms with E-state index in [2.05, 4.69) is 12.2 Å². The van der Waals surface area contributed by atoms with Crippen LogP contribution in [0.25, 0.3) is 0 Å². The fraction of sp³-hybridized carbons (Fsp3) is 0.417. The highest BCUT2D eigenvalue weighted by Gasteiger charge is 2.26. The van der Waals surface area contributed by atoms with Crippen LogP contribution in [0.5, 0.6) is 5.75 Å². The summed E-state index contributed by atoms with van der Waals surface area (Å²) in [7, 11) is 0. The minimum atomic E-state index is -0.575. The number of carbonyl (C=O) groups is 2. The van der Waals surface area contributed by atoms with Crippen LogP contribution in [0.15, 0.2) is 48.5 Å². The van der Waals surface area contributed by atoms with Gasteiger partial charge in [0.05, 0.1) is 0 Å². The van der Waals surface area contributed by atoms with Gasteiger partial charge in [0, 0.05) is 18.1 Å². The van der Waals surface area contributed by atoms with Gasteiger partial charge in [0.2, 0.25) is 5.91 Å². The largest absolute Gasteiger partial charge is 0.484 e. The van der Waals surface area contributed by atoms with E-state index in [9.17, 15) is 9.59 Å². The molecule has 0 unspecified atom stereocenters. The lowest BCUT2D eigenvalue weighted by atomic mass is 10.1. The normalized spacial score (nSPS) is 11.6. The summed E-state index contributed by atoms with van der Waals surface area (Å²) in [4.78, 5) is 27.1. The monoisotopic (exact) mass is 430 g/mol. The minimum Gasteiger partial charge on any atom is -0.484 e. The predicted molar refractivity (Wildman–Crippen MR) is 121 cm³/mol. The third kappa shape index (κ3) is 7.38. The molecule has 0 bridgehead atoms. The minimum absolute atomic E-state index is 0.136. The van der Waals surface area contributed by atoms with Crippen molar-refractivity contribution in [1.82, 2.24) is 10.2 Å². The summed E-state index contributed by atoms with van der Waals surface area (Å²) >= 11 is 6.05. The van der Waals surface area contributed by atoms with Gasteiger partial charge in [-0.3, -0.25) is 9.59 Å². The molecule has 0 radical (unpaired) electrons. The fourth-order valence-corrected chi connectivity index (χ4v) is 3.16. The van der Waals surface area contributed by atoms with Gasteiger partial charge in [-0.2, -0.15) is 0 Å². The maximum Gasteiger partial charge on any atom is 0.261 e. The molecule has 162 valence electrons. The molecule has 0 saturated carbocycles. The zero-order valence-electron chi connectivity index (χ0n) is 18.0. The molecule has 0 heterocycles. The van der Waals surface area contributed by atoms with Gasteiger partial charge in [-0.15, -0.1) is 0 Å². The standard InChI is InChI=1S/C24H31ClN2O3/c1-4-5-14-26-24(29)19(3)27(15-13-20-9-7-6-8-10-20)23(28)17-30-21-11-12-22(25)18(2)16-21/h6-12,16,19H,4-5,13-15,17H2,1-3H3,(H,26,29)/t19-/m0/s1. The molecule has 2 amide bonds. The number of amides is 2. The van der Waals surface area contributed by atoms with Gasteiger partial charge in [-0.1, -0.05) is 55.3 Å². The maximum absolute atomic E-state index is 13.0. The smallest absolute Gasteiger partial charge is 0.261 e. The van der Waals surface area contributed by atoms with Gasteiger partial charge < -0.3 is 15.0 Å². The molecule has 30 heavy (non-hydrogen) atoms. The molecule has 2 rings (SSSR count). The predicted octanol–water partition coefficient (Wildman–Crippen LogP) is 4.40. The molecule has 0 saturated heterocycles. The second-order valence-corrected chi connectivity index (χ2v) is 7.75. The number of ether oxygens (including phenoxy) is 1. The lowest BCUT2D eigenvalue weighted by Gasteiger charge is -2.28. The Morgan fingerprint density at radius 3 is 2.57 bits per heavy atom. The Kier molecular flexibility index (Phi) is 9.68. The molecule has 2 aromatic rings. The van der Waals surface area contributed by atoms with Gasteiger partial charge in [-0.25, -0.2) is 0 Å². The number of unbranched alkanes of at least 4 members (excludes halogenated alkanes) is 1. The summed E-state index contributed by atoms with van der Waals surface area (Å²) < 4.78 is 5.68. The van der Waals surface area contributed by atoms with Gasteiger partial charge in [0.25, 0.3) is 5.91 Å². The number of nitrogens with one attached hydrogen (secondary N) is 1. The Balaban J connectivity index is 2.04. The van der Waals surface area contributed by atoms with Gasteiger partial charge in [0.1, 0.15) is 11.8 Å². The second kappa shape index (κ2) is 12.2. The molecule has 6 heteroatoms. The summed E-state index contributed by atoms with van der Waals surface area (Å²) in [6.07, 6.45) is 2.58. The first-order valence-corrected chi connectivity index (χ1v) is 10.8. The quantitative estimate of drug-likeness (QED) is 0.537. The van der Waals surface area contributed by atoms with Crippen molar-refractivity contribution in [3.63, 3.8) is 0 Å². The van der Waals surface area contributed by atoms with E-state index < -0.39 is 6.04 Å². The second-order valence-electron chi connectivity index (χ2n) is 7.34. The first-order valence-electron chi connectivity index (χ1n) is 10.4. The van der Waals surface area contributed by atoms with Crippen molar-refractivity contribution in [3.8, 4) is 5.75 Å². The third-order valence-corrected chi connectivity index (χ3v) is 5.40. The molecule has 1 N–H and O–H groups in total. The SMILES string of the molecule is CCCCNC(=O)[C@H](C)N(CCc1ccccc1)C(=O)COc1ccc(Cl)c(C)c1. The molecule has 0 aliphatic rings. The highest BCUT2D eigenvalue weighted by molar-refractivity contribution is 6.31. The van der Waals surface area contributed by atoms with Crippen LogP contribution in [0.1, 0.15) is 37.8 Å². The average Bonchev–Trinajstić information content (AvgIpc) is 2.75. The van der Waals surface area contributed by atoms with E-state index in [0.29, 0.717) is 30.3 Å². The van der Waals surface area contributed by atoms with Crippen molar-refractivity contribution in [2.75, 3.05) is 19.7 Å². The number of halogens is 1. The third-order valence-electron chi connectivity index (χ3n) is 4.97. The Morgan fingerprint density at radius 2 is 1.90 bits per heavy atom. The number of carbonyl (C=O) groups excluding carboxylic acids is 2. The van der Waals surface area contributed by atoms with E-state index >= 15 is 0 Å². The Labute approximate surface area is 184 Å². The summed E-state index contributed by atoms with van der Waals surface area (Å²) in [6.45, 7) is 6.63. The number of benzene rings is 2. The maximum atomic E-state index is 13.0. The van der Waals surface area contributed by atoms with Crippen LogP contribution in [0.2, 0.25) is 5.02 Å². The molecular weight excluding hydrogens is 400 g/mol. The van der Waals surface area contributed by atoms with Crippen molar-refractivity contribution in [1.29, 1.82) is 0 Å². The first kappa shape index (κ1) is 23.7. The van der Waals surface area contributed by atoms with E-state index in [1.165, 1.54) is 0 Å². The number of nitrogens with zero attached hydrogens (tertiary/aromatic N) is 1. The molecular formula is C24H31ClN2O3. The van der Waals surface area contributed by atoms with E-state index in [0.717, 1.165) is 24.0 Å². The van der Waals surface area contributed by atoms with Crippen molar-refractivity contribution in [2.45, 2.75) is 46.1 Å². The van der Waals surface area contributed by atoms with E-state index in [1.807, 2.05) is 37.3 Å². The highest BCUT2D eigenvalue weighted by atomic mass is 35.5. The molecule has 0 aliphatic heterocycles. The van der Waals surface area contributed by atoms with Crippen molar-refractivity contribution >= 4 is 23.4 Å². The number of hydrogen-bond donors (Lipinski definition) is 1. The summed E-state index contributed by atoms with van der Waals surface area (Å²) in [5.41, 5.74) is 1.99.